The Labute approximate surface area is 157 Å². The molecule has 1 N–H and O–H groups in total. The Kier molecular flexibility index (Phi) is 5.36. The lowest BCUT2D eigenvalue weighted by Crippen LogP contribution is -2.47. The molecule has 10 nitrogen and oxygen atoms in total. The maximum absolute atomic E-state index is 12.8. The molecule has 2 fully saturated rings. The highest BCUT2D eigenvalue weighted by molar-refractivity contribution is 7.89. The van der Waals surface area contributed by atoms with Crippen LogP contribution in [0.4, 0.5) is 11.4 Å². The third-order valence-corrected chi connectivity index (χ3v) is 7.02. The fourth-order valence-corrected chi connectivity index (χ4v) is 4.88. The van der Waals surface area contributed by atoms with Crippen LogP contribution in [0.2, 0.25) is 0 Å². The monoisotopic (exact) mass is 398 g/mol. The van der Waals surface area contributed by atoms with E-state index in [1.807, 2.05) is 11.9 Å². The summed E-state index contributed by atoms with van der Waals surface area (Å²) in [6.07, 6.45) is 0.397. The molecule has 11 heteroatoms. The van der Waals surface area contributed by atoms with Gasteiger partial charge in [-0.2, -0.15) is 4.31 Å². The van der Waals surface area contributed by atoms with Gasteiger partial charge in [0.05, 0.1) is 15.7 Å². The normalized spacial score (nSPS) is 22.1. The number of hydrogen-bond donors (Lipinski definition) is 1. The Bertz CT molecular complexity index is 850. The van der Waals surface area contributed by atoms with Crippen molar-refractivity contribution in [2.45, 2.75) is 11.3 Å². The average molecular weight is 398 g/mol. The number of carboxylic acid groups (broad SMARTS) is 1. The van der Waals surface area contributed by atoms with Crippen LogP contribution in [0.1, 0.15) is 6.42 Å². The van der Waals surface area contributed by atoms with E-state index in [0.717, 1.165) is 6.07 Å². The molecule has 3 rings (SSSR count). The van der Waals surface area contributed by atoms with E-state index in [2.05, 4.69) is 0 Å². The molecular formula is C16H22N4O6S. The van der Waals surface area contributed by atoms with E-state index < -0.39 is 26.8 Å². The third kappa shape index (κ3) is 3.89. The van der Waals surface area contributed by atoms with Crippen LogP contribution < -0.4 is 4.90 Å². The minimum absolute atomic E-state index is 0.114. The molecule has 0 bridgehead atoms. The fraction of sp³-hybridized carbons (Fsp3) is 0.562. The van der Waals surface area contributed by atoms with Gasteiger partial charge >= 0.3 is 5.97 Å². The van der Waals surface area contributed by atoms with Crippen LogP contribution in [-0.4, -0.2) is 79.9 Å². The van der Waals surface area contributed by atoms with E-state index in [-0.39, 0.29) is 22.8 Å². The molecule has 1 unspecified atom stereocenters. The number of aliphatic carboxylic acids is 1. The molecule has 0 aliphatic carbocycles. The number of carbonyl (C=O) groups is 1. The number of rotatable bonds is 5. The van der Waals surface area contributed by atoms with Crippen LogP contribution in [-0.2, 0) is 14.8 Å². The molecule has 2 aliphatic heterocycles. The smallest absolute Gasteiger partial charge is 0.308 e. The van der Waals surface area contributed by atoms with Crippen molar-refractivity contribution in [2.24, 2.45) is 5.92 Å². The first kappa shape index (κ1) is 19.5. The Morgan fingerprint density at radius 1 is 1.22 bits per heavy atom. The number of anilines is 1. The summed E-state index contributed by atoms with van der Waals surface area (Å²) in [5.74, 6) is -1.52. The van der Waals surface area contributed by atoms with E-state index in [1.165, 1.54) is 16.4 Å². The predicted molar refractivity (Wildman–Crippen MR) is 97.3 cm³/mol. The van der Waals surface area contributed by atoms with Crippen LogP contribution in [0.15, 0.2) is 23.1 Å². The molecule has 2 saturated heterocycles. The van der Waals surface area contributed by atoms with E-state index in [4.69, 9.17) is 5.11 Å². The van der Waals surface area contributed by atoms with Crippen molar-refractivity contribution in [2.75, 3.05) is 51.2 Å². The fourth-order valence-electron chi connectivity index (χ4n) is 3.44. The second-order valence-corrected chi connectivity index (χ2v) is 8.82. The summed E-state index contributed by atoms with van der Waals surface area (Å²) in [4.78, 5) is 25.6. The molecule has 2 aliphatic rings. The standard InChI is InChI=1S/C16H22N4O6S/c1-17-6-8-19(9-7-17)27(25,26)13-2-3-14(15(10-13)20(23)24)18-5-4-12(11-18)16(21)22/h2-3,10,12H,4-9,11H2,1H3,(H,21,22). The van der Waals surface area contributed by atoms with Crippen molar-refractivity contribution in [3.63, 3.8) is 0 Å². The lowest BCUT2D eigenvalue weighted by molar-refractivity contribution is -0.384. The first-order valence-electron chi connectivity index (χ1n) is 8.65. The highest BCUT2D eigenvalue weighted by atomic mass is 32.2. The zero-order valence-electron chi connectivity index (χ0n) is 14.9. The van der Waals surface area contributed by atoms with Crippen molar-refractivity contribution < 1.29 is 23.2 Å². The topological polar surface area (TPSA) is 124 Å². The number of likely N-dealkylation sites (N-methyl/N-ethyl adjacent to an activating group) is 1. The number of benzene rings is 1. The summed E-state index contributed by atoms with van der Waals surface area (Å²) >= 11 is 0. The van der Waals surface area contributed by atoms with Crippen LogP contribution >= 0.6 is 0 Å². The van der Waals surface area contributed by atoms with Gasteiger partial charge in [-0.25, -0.2) is 8.42 Å². The molecule has 148 valence electrons. The summed E-state index contributed by atoms with van der Waals surface area (Å²) in [7, 11) is -1.91. The van der Waals surface area contributed by atoms with Crippen LogP contribution in [0.25, 0.3) is 0 Å². The highest BCUT2D eigenvalue weighted by Crippen LogP contribution is 2.35. The molecule has 2 heterocycles. The van der Waals surface area contributed by atoms with Gasteiger partial charge in [0.15, 0.2) is 0 Å². The summed E-state index contributed by atoms with van der Waals surface area (Å²) in [6, 6.07) is 3.85. The van der Waals surface area contributed by atoms with Crippen LogP contribution in [0, 0.1) is 16.0 Å². The maximum Gasteiger partial charge on any atom is 0.308 e. The predicted octanol–water partition coefficient (Wildman–Crippen LogP) is 0.442. The van der Waals surface area contributed by atoms with Crippen molar-refractivity contribution in [3.05, 3.63) is 28.3 Å². The van der Waals surface area contributed by atoms with Crippen molar-refractivity contribution in [1.29, 1.82) is 0 Å². The second kappa shape index (κ2) is 7.41. The van der Waals surface area contributed by atoms with Gasteiger partial charge in [0.1, 0.15) is 5.69 Å². The Morgan fingerprint density at radius 3 is 2.44 bits per heavy atom. The molecule has 1 aromatic rings. The average Bonchev–Trinajstić information content (AvgIpc) is 3.12. The Morgan fingerprint density at radius 2 is 1.89 bits per heavy atom. The SMILES string of the molecule is CN1CCN(S(=O)(=O)c2ccc(N3CCC(C(=O)O)C3)c([N+](=O)[O-])c2)CC1. The summed E-state index contributed by atoms with van der Waals surface area (Å²) < 4.78 is 27.0. The van der Waals surface area contributed by atoms with Gasteiger partial charge in [-0.3, -0.25) is 14.9 Å². The van der Waals surface area contributed by atoms with E-state index in [9.17, 15) is 23.3 Å². The minimum Gasteiger partial charge on any atom is -0.481 e. The van der Waals surface area contributed by atoms with Crippen LogP contribution in [0.5, 0.6) is 0 Å². The molecule has 27 heavy (non-hydrogen) atoms. The largest absolute Gasteiger partial charge is 0.481 e. The quantitative estimate of drug-likeness (QED) is 0.560. The molecule has 1 atom stereocenters. The summed E-state index contributed by atoms with van der Waals surface area (Å²) in [5.41, 5.74) is -0.0719. The maximum atomic E-state index is 12.8. The van der Waals surface area contributed by atoms with Gasteiger partial charge in [0.2, 0.25) is 10.0 Å². The van der Waals surface area contributed by atoms with Gasteiger partial charge in [0, 0.05) is 45.3 Å². The lowest BCUT2D eigenvalue weighted by Gasteiger charge is -2.31. The molecule has 0 aromatic heterocycles. The van der Waals surface area contributed by atoms with Crippen molar-refractivity contribution >= 4 is 27.4 Å². The summed E-state index contributed by atoms with van der Waals surface area (Å²) in [5, 5.41) is 20.7. The third-order valence-electron chi connectivity index (χ3n) is 5.12. The number of piperazine rings is 1. The zero-order valence-corrected chi connectivity index (χ0v) is 15.8. The first-order valence-corrected chi connectivity index (χ1v) is 10.1. The zero-order chi connectivity index (χ0) is 19.8. The second-order valence-electron chi connectivity index (χ2n) is 6.88. The van der Waals surface area contributed by atoms with Gasteiger partial charge in [0.25, 0.3) is 5.69 Å². The molecule has 0 spiro atoms. The van der Waals surface area contributed by atoms with Gasteiger partial charge in [-0.15, -0.1) is 0 Å². The molecule has 1 aromatic carbocycles. The molecule has 0 saturated carbocycles. The van der Waals surface area contributed by atoms with Crippen LogP contribution in [0.3, 0.4) is 0 Å². The van der Waals surface area contributed by atoms with Crippen molar-refractivity contribution in [3.8, 4) is 0 Å². The van der Waals surface area contributed by atoms with E-state index in [0.29, 0.717) is 39.1 Å². The number of hydrogen-bond acceptors (Lipinski definition) is 7. The Balaban J connectivity index is 1.90. The van der Waals surface area contributed by atoms with Gasteiger partial charge < -0.3 is 14.9 Å². The number of nitrogens with zero attached hydrogens (tertiary/aromatic N) is 4. The van der Waals surface area contributed by atoms with E-state index >= 15 is 0 Å². The van der Waals surface area contributed by atoms with Gasteiger partial charge in [-0.05, 0) is 25.6 Å². The number of nitro benzene ring substituents is 1. The van der Waals surface area contributed by atoms with Gasteiger partial charge in [-0.1, -0.05) is 0 Å². The molecule has 0 amide bonds. The first-order chi connectivity index (χ1) is 12.7. The van der Waals surface area contributed by atoms with Crippen molar-refractivity contribution in [1.82, 2.24) is 9.21 Å². The number of sulfonamides is 1. The summed E-state index contributed by atoms with van der Waals surface area (Å²) in [6.45, 7) is 2.41. The Hall–Kier alpha value is -2.24. The number of nitro groups is 1. The van der Waals surface area contributed by atoms with E-state index in [1.54, 1.807) is 4.90 Å². The lowest BCUT2D eigenvalue weighted by atomic mass is 10.1. The molecule has 0 radical (unpaired) electrons. The molecular weight excluding hydrogens is 376 g/mol. The number of carboxylic acids is 1. The minimum atomic E-state index is -3.82. The highest BCUT2D eigenvalue weighted by Gasteiger charge is 2.34.